The molecule has 0 aliphatic heterocycles. The highest BCUT2D eigenvalue weighted by Gasteiger charge is 2.13. The summed E-state index contributed by atoms with van der Waals surface area (Å²) < 4.78 is 1.45. The van der Waals surface area contributed by atoms with Gasteiger partial charge in [-0.3, -0.25) is 9.48 Å². The van der Waals surface area contributed by atoms with E-state index in [2.05, 4.69) is 10.4 Å². The van der Waals surface area contributed by atoms with E-state index in [-0.39, 0.29) is 5.91 Å². The van der Waals surface area contributed by atoms with Crippen LogP contribution in [0, 0.1) is 0 Å². The Morgan fingerprint density at radius 2 is 2.21 bits per heavy atom. The molecule has 0 atom stereocenters. The number of aromatic nitrogens is 2. The second-order valence-electron chi connectivity index (χ2n) is 4.11. The number of hydrogen-bond acceptors (Lipinski definition) is 2. The van der Waals surface area contributed by atoms with Crippen LogP contribution in [-0.4, -0.2) is 22.2 Å². The van der Waals surface area contributed by atoms with E-state index in [4.69, 9.17) is 23.2 Å². The summed E-state index contributed by atoms with van der Waals surface area (Å²) in [5.41, 5.74) is 1.46. The summed E-state index contributed by atoms with van der Waals surface area (Å²) in [5.74, 6) is -0.222. The molecular formula is C13H13Cl2N3O. The molecule has 1 heterocycles. The van der Waals surface area contributed by atoms with Crippen molar-refractivity contribution < 1.29 is 4.79 Å². The second kappa shape index (κ2) is 6.08. The van der Waals surface area contributed by atoms with E-state index in [9.17, 15) is 4.79 Å². The average Bonchev–Trinajstić information content (AvgIpc) is 2.70. The van der Waals surface area contributed by atoms with E-state index in [1.807, 2.05) is 24.3 Å². The summed E-state index contributed by atoms with van der Waals surface area (Å²) in [7, 11) is 1.69. The number of nitrogens with one attached hydrogen (secondary N) is 1. The highest BCUT2D eigenvalue weighted by Crippen LogP contribution is 2.14. The predicted octanol–water partition coefficient (Wildman–Crippen LogP) is 2.70. The maximum absolute atomic E-state index is 11.9. The van der Waals surface area contributed by atoms with Gasteiger partial charge in [-0.05, 0) is 24.1 Å². The van der Waals surface area contributed by atoms with Crippen molar-refractivity contribution in [2.24, 2.45) is 7.05 Å². The quantitative estimate of drug-likeness (QED) is 0.943. The monoisotopic (exact) mass is 297 g/mol. The third-order valence-corrected chi connectivity index (χ3v) is 3.38. The average molecular weight is 298 g/mol. The summed E-state index contributed by atoms with van der Waals surface area (Å²) in [6.45, 7) is 0.518. The molecule has 0 aliphatic carbocycles. The maximum atomic E-state index is 11.9. The van der Waals surface area contributed by atoms with Gasteiger partial charge in [-0.2, -0.15) is 5.10 Å². The van der Waals surface area contributed by atoms with Crippen molar-refractivity contribution in [2.75, 3.05) is 6.54 Å². The Labute approximate surface area is 121 Å². The molecule has 1 N–H and O–H groups in total. The lowest BCUT2D eigenvalue weighted by Gasteiger charge is -2.05. The van der Waals surface area contributed by atoms with Gasteiger partial charge < -0.3 is 5.32 Å². The molecular weight excluding hydrogens is 285 g/mol. The molecule has 0 saturated heterocycles. The fourth-order valence-corrected chi connectivity index (χ4v) is 2.07. The van der Waals surface area contributed by atoms with Gasteiger partial charge in [0, 0.05) is 18.6 Å². The zero-order chi connectivity index (χ0) is 13.8. The van der Waals surface area contributed by atoms with Crippen LogP contribution in [0.5, 0.6) is 0 Å². The van der Waals surface area contributed by atoms with Crippen LogP contribution in [0.25, 0.3) is 0 Å². The van der Waals surface area contributed by atoms with Gasteiger partial charge in [-0.1, -0.05) is 35.3 Å². The zero-order valence-electron chi connectivity index (χ0n) is 10.4. The minimum absolute atomic E-state index is 0.222. The fourth-order valence-electron chi connectivity index (χ4n) is 1.68. The highest BCUT2D eigenvalue weighted by atomic mass is 35.5. The van der Waals surface area contributed by atoms with Crippen molar-refractivity contribution in [2.45, 2.75) is 6.42 Å². The lowest BCUT2D eigenvalue weighted by Crippen LogP contribution is -2.25. The number of amides is 1. The van der Waals surface area contributed by atoms with Crippen LogP contribution in [0.3, 0.4) is 0 Å². The first-order chi connectivity index (χ1) is 9.08. The molecule has 19 heavy (non-hydrogen) atoms. The molecule has 0 unspecified atom stereocenters. The lowest BCUT2D eigenvalue weighted by molar-refractivity contribution is 0.0954. The fraction of sp³-hybridized carbons (Fsp3) is 0.231. The van der Waals surface area contributed by atoms with Gasteiger partial charge in [0.2, 0.25) is 0 Å². The number of nitrogens with zero attached hydrogens (tertiary/aromatic N) is 2. The van der Waals surface area contributed by atoms with E-state index in [1.165, 1.54) is 10.9 Å². The standard InChI is InChI=1S/C13H13Cl2N3O/c1-18-12(15)11(8-17-18)13(19)16-6-5-9-3-2-4-10(14)7-9/h2-4,7-8H,5-6H2,1H3,(H,16,19). The van der Waals surface area contributed by atoms with Crippen molar-refractivity contribution in [1.82, 2.24) is 15.1 Å². The number of hydrogen-bond donors (Lipinski definition) is 1. The van der Waals surface area contributed by atoms with Crippen molar-refractivity contribution >= 4 is 29.1 Å². The van der Waals surface area contributed by atoms with Gasteiger partial charge >= 0.3 is 0 Å². The first kappa shape index (κ1) is 13.9. The summed E-state index contributed by atoms with van der Waals surface area (Å²) in [4.78, 5) is 11.9. The van der Waals surface area contributed by atoms with Crippen LogP contribution in [0.4, 0.5) is 0 Å². The van der Waals surface area contributed by atoms with Crippen molar-refractivity contribution in [3.05, 3.63) is 51.8 Å². The number of carbonyl (C=O) groups is 1. The van der Waals surface area contributed by atoms with Crippen LogP contribution in [0.2, 0.25) is 10.2 Å². The SMILES string of the molecule is Cn1ncc(C(=O)NCCc2cccc(Cl)c2)c1Cl. The zero-order valence-corrected chi connectivity index (χ0v) is 11.9. The Morgan fingerprint density at radius 3 is 2.84 bits per heavy atom. The van der Waals surface area contributed by atoms with Crippen molar-refractivity contribution in [3.63, 3.8) is 0 Å². The third kappa shape index (κ3) is 3.49. The summed E-state index contributed by atoms with van der Waals surface area (Å²) in [6.07, 6.45) is 2.17. The number of benzene rings is 1. The summed E-state index contributed by atoms with van der Waals surface area (Å²) >= 11 is 11.8. The molecule has 1 aromatic carbocycles. The molecule has 0 fully saturated rings. The van der Waals surface area contributed by atoms with Gasteiger partial charge in [0.1, 0.15) is 5.15 Å². The molecule has 0 saturated carbocycles. The summed E-state index contributed by atoms with van der Waals surface area (Å²) in [5, 5.41) is 7.75. The topological polar surface area (TPSA) is 46.9 Å². The highest BCUT2D eigenvalue weighted by molar-refractivity contribution is 6.32. The molecule has 2 aromatic rings. The first-order valence-corrected chi connectivity index (χ1v) is 6.53. The predicted molar refractivity (Wildman–Crippen MR) is 75.7 cm³/mol. The number of aryl methyl sites for hydroxylation is 1. The Balaban J connectivity index is 1.89. The van der Waals surface area contributed by atoms with Crippen LogP contribution >= 0.6 is 23.2 Å². The van der Waals surface area contributed by atoms with Crippen LogP contribution in [0.15, 0.2) is 30.5 Å². The first-order valence-electron chi connectivity index (χ1n) is 5.78. The van der Waals surface area contributed by atoms with Gasteiger partial charge in [0.15, 0.2) is 0 Å². The maximum Gasteiger partial charge on any atom is 0.256 e. The van der Waals surface area contributed by atoms with Crippen LogP contribution < -0.4 is 5.32 Å². The van der Waals surface area contributed by atoms with Crippen LogP contribution in [-0.2, 0) is 13.5 Å². The number of rotatable bonds is 4. The van der Waals surface area contributed by atoms with E-state index >= 15 is 0 Å². The van der Waals surface area contributed by atoms with Crippen molar-refractivity contribution in [1.29, 1.82) is 0 Å². The molecule has 2 rings (SSSR count). The Morgan fingerprint density at radius 1 is 1.42 bits per heavy atom. The van der Waals surface area contributed by atoms with E-state index in [0.29, 0.717) is 28.7 Å². The van der Waals surface area contributed by atoms with Gasteiger partial charge in [0.05, 0.1) is 11.8 Å². The van der Waals surface area contributed by atoms with Gasteiger partial charge in [-0.15, -0.1) is 0 Å². The second-order valence-corrected chi connectivity index (χ2v) is 4.90. The Bertz CT molecular complexity index is 595. The molecule has 1 amide bonds. The molecule has 4 nitrogen and oxygen atoms in total. The van der Waals surface area contributed by atoms with Crippen LogP contribution in [0.1, 0.15) is 15.9 Å². The molecule has 1 aromatic heterocycles. The Hall–Kier alpha value is -1.52. The largest absolute Gasteiger partial charge is 0.352 e. The van der Waals surface area contributed by atoms with Crippen molar-refractivity contribution in [3.8, 4) is 0 Å². The number of carbonyl (C=O) groups excluding carboxylic acids is 1. The summed E-state index contributed by atoms with van der Waals surface area (Å²) in [6, 6.07) is 7.55. The smallest absolute Gasteiger partial charge is 0.256 e. The minimum Gasteiger partial charge on any atom is -0.352 e. The lowest BCUT2D eigenvalue weighted by atomic mass is 10.1. The van der Waals surface area contributed by atoms with Gasteiger partial charge in [-0.25, -0.2) is 0 Å². The number of halogens is 2. The normalized spacial score (nSPS) is 10.5. The molecule has 0 aliphatic rings. The molecule has 100 valence electrons. The molecule has 6 heteroatoms. The van der Waals surface area contributed by atoms with Gasteiger partial charge in [0.25, 0.3) is 5.91 Å². The van der Waals surface area contributed by atoms with E-state index in [0.717, 1.165) is 5.56 Å². The van der Waals surface area contributed by atoms with E-state index in [1.54, 1.807) is 7.05 Å². The van der Waals surface area contributed by atoms with E-state index < -0.39 is 0 Å². The molecule has 0 radical (unpaired) electrons. The Kier molecular flexibility index (Phi) is 4.45. The molecule has 0 bridgehead atoms. The minimum atomic E-state index is -0.222. The molecule has 0 spiro atoms. The third-order valence-electron chi connectivity index (χ3n) is 2.70.